The molecule has 1 N–H and O–H groups in total. The summed E-state index contributed by atoms with van der Waals surface area (Å²) in [5.41, 5.74) is 0.932. The van der Waals surface area contributed by atoms with Crippen LogP contribution in [-0.2, 0) is 4.79 Å². The first kappa shape index (κ1) is 16.7. The number of aryl methyl sites for hydroxylation is 1. The average Bonchev–Trinajstić information content (AvgIpc) is 3.22. The SMILES string of the molecule is C/N=C1\SCC(c2cnc(C)s2)N1C(=O)/C(=C/O)c1ccccc1. The molecule has 0 saturated carbocycles. The van der Waals surface area contributed by atoms with Gasteiger partial charge in [0.25, 0.3) is 5.91 Å². The number of aliphatic hydroxyl groups is 1. The number of thiazole rings is 1. The Morgan fingerprint density at radius 3 is 2.75 bits per heavy atom. The maximum absolute atomic E-state index is 13.1. The predicted molar refractivity (Wildman–Crippen MR) is 99.3 cm³/mol. The van der Waals surface area contributed by atoms with Crippen molar-refractivity contribution >= 4 is 39.7 Å². The summed E-state index contributed by atoms with van der Waals surface area (Å²) in [6.45, 7) is 1.94. The minimum Gasteiger partial charge on any atom is -0.515 e. The van der Waals surface area contributed by atoms with E-state index in [1.54, 1.807) is 35.4 Å². The highest BCUT2D eigenvalue weighted by molar-refractivity contribution is 8.14. The molecule has 1 aromatic carbocycles. The summed E-state index contributed by atoms with van der Waals surface area (Å²) in [6.07, 6.45) is 2.69. The van der Waals surface area contributed by atoms with Crippen LogP contribution in [0.4, 0.5) is 0 Å². The second-order valence-corrected chi connectivity index (χ2v) is 7.45. The molecule has 2 aromatic rings. The zero-order valence-corrected chi connectivity index (χ0v) is 15.0. The van der Waals surface area contributed by atoms with Crippen LogP contribution in [0.25, 0.3) is 5.57 Å². The van der Waals surface area contributed by atoms with Gasteiger partial charge in [-0.05, 0) is 12.5 Å². The molecular formula is C17H17N3O2S2. The first-order chi connectivity index (χ1) is 11.7. The van der Waals surface area contributed by atoms with Crippen molar-refractivity contribution < 1.29 is 9.90 Å². The molecule has 3 rings (SSSR count). The number of benzene rings is 1. The minimum absolute atomic E-state index is 0.119. The van der Waals surface area contributed by atoms with E-state index in [4.69, 9.17) is 0 Å². The highest BCUT2D eigenvalue weighted by Crippen LogP contribution is 2.39. The highest BCUT2D eigenvalue weighted by Gasteiger charge is 2.38. The molecule has 124 valence electrons. The third kappa shape index (κ3) is 3.09. The van der Waals surface area contributed by atoms with Gasteiger partial charge < -0.3 is 5.11 Å². The van der Waals surface area contributed by atoms with Gasteiger partial charge in [0.1, 0.15) is 0 Å². The summed E-state index contributed by atoms with van der Waals surface area (Å²) in [7, 11) is 1.67. The number of hydrogen-bond acceptors (Lipinski definition) is 6. The van der Waals surface area contributed by atoms with Crippen molar-refractivity contribution in [2.45, 2.75) is 13.0 Å². The van der Waals surface area contributed by atoms with Gasteiger partial charge >= 0.3 is 0 Å². The molecule has 1 unspecified atom stereocenters. The van der Waals surface area contributed by atoms with Gasteiger partial charge in [-0.15, -0.1) is 11.3 Å². The Bertz CT molecular complexity index is 799. The molecule has 1 fully saturated rings. The van der Waals surface area contributed by atoms with Crippen LogP contribution < -0.4 is 0 Å². The van der Waals surface area contributed by atoms with Gasteiger partial charge in [0.05, 0.1) is 22.9 Å². The van der Waals surface area contributed by atoms with Gasteiger partial charge in [0.15, 0.2) is 5.17 Å². The van der Waals surface area contributed by atoms with Crippen molar-refractivity contribution in [2.24, 2.45) is 4.99 Å². The Morgan fingerprint density at radius 2 is 2.17 bits per heavy atom. The second kappa shape index (κ2) is 7.19. The molecule has 1 saturated heterocycles. The summed E-state index contributed by atoms with van der Waals surface area (Å²) in [5, 5.41) is 11.3. The van der Waals surface area contributed by atoms with Crippen molar-refractivity contribution in [1.82, 2.24) is 9.88 Å². The third-order valence-corrected chi connectivity index (χ3v) is 5.84. The van der Waals surface area contributed by atoms with Gasteiger partial charge in [-0.1, -0.05) is 42.1 Å². The van der Waals surface area contributed by atoms with Crippen molar-refractivity contribution in [1.29, 1.82) is 0 Å². The summed E-state index contributed by atoms with van der Waals surface area (Å²) >= 11 is 3.12. The Labute approximate surface area is 148 Å². The standard InChI is InChI=1S/C17H17N3O2S2/c1-11-19-8-15(24-11)14-10-23-17(18-2)20(14)16(22)13(9-21)12-6-4-3-5-7-12/h3-9,14,21H,10H2,1-2H3/b13-9+,18-17-. The molecule has 2 heterocycles. The number of amides is 1. The fourth-order valence-corrected chi connectivity index (χ4v) is 4.67. The number of aromatic nitrogens is 1. The van der Waals surface area contributed by atoms with Gasteiger partial charge in [0, 0.05) is 23.9 Å². The number of amidine groups is 1. The van der Waals surface area contributed by atoms with Gasteiger partial charge in [-0.25, -0.2) is 4.98 Å². The molecule has 5 nitrogen and oxygen atoms in total. The van der Waals surface area contributed by atoms with Gasteiger partial charge in [0.2, 0.25) is 0 Å². The molecule has 0 aliphatic carbocycles. The van der Waals surface area contributed by atoms with Crippen LogP contribution in [0, 0.1) is 6.92 Å². The van der Waals surface area contributed by atoms with Crippen LogP contribution in [0.1, 0.15) is 21.5 Å². The summed E-state index contributed by atoms with van der Waals surface area (Å²) in [5.74, 6) is 0.471. The van der Waals surface area contributed by atoms with E-state index in [1.165, 1.54) is 11.8 Å². The van der Waals surface area contributed by atoms with E-state index in [0.717, 1.165) is 21.9 Å². The summed E-state index contributed by atoms with van der Waals surface area (Å²) in [4.78, 5) is 24.3. The summed E-state index contributed by atoms with van der Waals surface area (Å²) in [6, 6.07) is 9.03. The Hall–Kier alpha value is -2.12. The van der Waals surface area contributed by atoms with E-state index in [2.05, 4.69) is 9.98 Å². The Balaban J connectivity index is 1.98. The molecule has 0 bridgehead atoms. The quantitative estimate of drug-likeness (QED) is 0.671. The van der Waals surface area contributed by atoms with Crippen molar-refractivity contribution in [2.75, 3.05) is 12.8 Å². The maximum atomic E-state index is 13.1. The van der Waals surface area contributed by atoms with Crippen LogP contribution in [0.15, 0.2) is 47.8 Å². The van der Waals surface area contributed by atoms with Crippen LogP contribution in [-0.4, -0.2) is 38.9 Å². The van der Waals surface area contributed by atoms with Crippen LogP contribution >= 0.6 is 23.1 Å². The molecule has 1 aliphatic rings. The number of nitrogens with zero attached hydrogens (tertiary/aromatic N) is 3. The number of hydrogen-bond donors (Lipinski definition) is 1. The molecule has 1 amide bonds. The van der Waals surface area contributed by atoms with E-state index >= 15 is 0 Å². The smallest absolute Gasteiger partial charge is 0.264 e. The molecule has 0 spiro atoms. The lowest BCUT2D eigenvalue weighted by Crippen LogP contribution is -2.34. The molecular weight excluding hydrogens is 342 g/mol. The lowest BCUT2D eigenvalue weighted by atomic mass is 10.1. The van der Waals surface area contributed by atoms with E-state index in [0.29, 0.717) is 10.7 Å². The lowest BCUT2D eigenvalue weighted by Gasteiger charge is -2.24. The van der Waals surface area contributed by atoms with Crippen molar-refractivity contribution in [3.8, 4) is 0 Å². The number of carbonyl (C=O) groups excluding carboxylic acids is 1. The topological polar surface area (TPSA) is 65.8 Å². The average molecular weight is 359 g/mol. The number of aliphatic imine (C=N–C) groups is 1. The molecule has 0 radical (unpaired) electrons. The normalized spacial score (nSPS) is 19.9. The van der Waals surface area contributed by atoms with Crippen molar-refractivity contribution in [3.05, 3.63) is 58.2 Å². The van der Waals surface area contributed by atoms with Crippen LogP contribution in [0.5, 0.6) is 0 Å². The molecule has 1 aromatic heterocycles. The third-order valence-electron chi connectivity index (χ3n) is 3.71. The number of rotatable bonds is 3. The zero-order valence-electron chi connectivity index (χ0n) is 13.3. The fourth-order valence-electron chi connectivity index (χ4n) is 2.57. The number of aliphatic hydroxyl groups excluding tert-OH is 1. The van der Waals surface area contributed by atoms with E-state index in [9.17, 15) is 9.90 Å². The van der Waals surface area contributed by atoms with Crippen LogP contribution in [0.3, 0.4) is 0 Å². The largest absolute Gasteiger partial charge is 0.515 e. The van der Waals surface area contributed by atoms with E-state index in [1.807, 2.05) is 31.3 Å². The highest BCUT2D eigenvalue weighted by atomic mass is 32.2. The maximum Gasteiger partial charge on any atom is 0.264 e. The Morgan fingerprint density at radius 1 is 1.42 bits per heavy atom. The van der Waals surface area contributed by atoms with E-state index in [-0.39, 0.29) is 17.5 Å². The van der Waals surface area contributed by atoms with Gasteiger partial charge in [-0.3, -0.25) is 14.7 Å². The molecule has 7 heteroatoms. The summed E-state index contributed by atoms with van der Waals surface area (Å²) < 4.78 is 0. The molecule has 1 atom stereocenters. The molecule has 24 heavy (non-hydrogen) atoms. The fraction of sp³-hybridized carbons (Fsp3) is 0.235. The second-order valence-electron chi connectivity index (χ2n) is 5.20. The predicted octanol–water partition coefficient (Wildman–Crippen LogP) is 3.65. The monoisotopic (exact) mass is 359 g/mol. The number of carbonyl (C=O) groups is 1. The zero-order chi connectivity index (χ0) is 17.1. The lowest BCUT2D eigenvalue weighted by molar-refractivity contribution is -0.122. The minimum atomic E-state index is -0.259. The molecule has 1 aliphatic heterocycles. The van der Waals surface area contributed by atoms with Gasteiger partial charge in [-0.2, -0.15) is 0 Å². The van der Waals surface area contributed by atoms with Crippen LogP contribution in [0.2, 0.25) is 0 Å². The first-order valence-corrected chi connectivity index (χ1v) is 9.21. The first-order valence-electron chi connectivity index (χ1n) is 7.41. The van der Waals surface area contributed by atoms with E-state index < -0.39 is 0 Å². The Kier molecular flexibility index (Phi) is 5.01. The number of thioether (sulfide) groups is 1. The van der Waals surface area contributed by atoms with Crippen molar-refractivity contribution in [3.63, 3.8) is 0 Å².